The van der Waals surface area contributed by atoms with Crippen LogP contribution in [0.2, 0.25) is 0 Å². The molecule has 18 heavy (non-hydrogen) atoms. The van der Waals surface area contributed by atoms with Crippen molar-refractivity contribution in [1.82, 2.24) is 4.98 Å². The van der Waals surface area contributed by atoms with Crippen molar-refractivity contribution in [2.75, 3.05) is 11.1 Å². The van der Waals surface area contributed by atoms with Gasteiger partial charge in [-0.3, -0.25) is 10.1 Å². The molecule has 1 aromatic heterocycles. The summed E-state index contributed by atoms with van der Waals surface area (Å²) >= 11 is 0.898. The molecule has 0 fully saturated rings. The van der Waals surface area contributed by atoms with Crippen molar-refractivity contribution in [2.45, 2.75) is 0 Å². The lowest BCUT2D eigenvalue weighted by Crippen LogP contribution is -1.96. The zero-order chi connectivity index (χ0) is 13.1. The Morgan fingerprint density at radius 1 is 1.56 bits per heavy atom. The summed E-state index contributed by atoms with van der Waals surface area (Å²) in [5.41, 5.74) is 7.11. The summed E-state index contributed by atoms with van der Waals surface area (Å²) in [6.45, 7) is 0. The van der Waals surface area contributed by atoms with Crippen molar-refractivity contribution in [3.05, 3.63) is 40.1 Å². The topological polar surface area (TPSA) is 118 Å². The number of benzene rings is 1. The maximum absolute atomic E-state index is 10.5. The minimum absolute atomic E-state index is 0.0625. The molecule has 0 bridgehead atoms. The Morgan fingerprint density at radius 2 is 2.33 bits per heavy atom. The molecule has 2 rings (SSSR count). The van der Waals surface area contributed by atoms with Crippen LogP contribution < -0.4 is 11.1 Å². The molecule has 90 valence electrons. The van der Waals surface area contributed by atoms with E-state index < -0.39 is 4.92 Å². The number of nitrogen functional groups attached to an aromatic ring is 1. The maximum Gasteiger partial charge on any atom is 0.345 e. The number of rotatable bonds is 3. The second kappa shape index (κ2) is 4.68. The van der Waals surface area contributed by atoms with Crippen LogP contribution in [-0.4, -0.2) is 9.91 Å². The van der Waals surface area contributed by atoms with E-state index in [1.807, 2.05) is 6.07 Å². The maximum atomic E-state index is 10.5. The first-order valence-corrected chi connectivity index (χ1v) is 5.58. The number of nitrogens with one attached hydrogen (secondary N) is 1. The number of anilines is 3. The molecule has 0 saturated heterocycles. The SMILES string of the molecule is N#Cc1ccc(N)c(Nc2ncc([N+](=O)[O-])s2)c1. The van der Waals surface area contributed by atoms with Crippen LogP contribution in [0, 0.1) is 21.4 Å². The van der Waals surface area contributed by atoms with E-state index in [4.69, 9.17) is 11.0 Å². The number of aromatic nitrogens is 1. The first kappa shape index (κ1) is 11.8. The third-order valence-corrected chi connectivity index (χ3v) is 2.96. The Labute approximate surface area is 106 Å². The Morgan fingerprint density at radius 3 is 2.94 bits per heavy atom. The fourth-order valence-corrected chi connectivity index (χ4v) is 1.90. The van der Waals surface area contributed by atoms with Gasteiger partial charge in [0.25, 0.3) is 0 Å². The lowest BCUT2D eigenvalue weighted by atomic mass is 10.2. The van der Waals surface area contributed by atoms with Crippen molar-refractivity contribution in [3.63, 3.8) is 0 Å². The molecule has 0 aliphatic rings. The van der Waals surface area contributed by atoms with E-state index in [9.17, 15) is 10.1 Å². The number of nitriles is 1. The van der Waals surface area contributed by atoms with Crippen LogP contribution in [0.25, 0.3) is 0 Å². The van der Waals surface area contributed by atoms with Crippen molar-refractivity contribution in [1.29, 1.82) is 5.26 Å². The number of nitro groups is 1. The van der Waals surface area contributed by atoms with Gasteiger partial charge in [0.1, 0.15) is 6.20 Å². The summed E-state index contributed by atoms with van der Waals surface area (Å²) in [4.78, 5) is 13.9. The van der Waals surface area contributed by atoms with Crippen LogP contribution in [0.4, 0.5) is 21.5 Å². The van der Waals surface area contributed by atoms with E-state index in [0.29, 0.717) is 22.1 Å². The molecule has 3 N–H and O–H groups in total. The van der Waals surface area contributed by atoms with E-state index in [2.05, 4.69) is 10.3 Å². The zero-order valence-corrected chi connectivity index (χ0v) is 9.77. The number of hydrogen-bond acceptors (Lipinski definition) is 7. The lowest BCUT2D eigenvalue weighted by molar-refractivity contribution is -0.380. The van der Waals surface area contributed by atoms with E-state index in [1.54, 1.807) is 18.2 Å². The summed E-state index contributed by atoms with van der Waals surface area (Å²) in [5, 5.41) is 22.4. The van der Waals surface area contributed by atoms with Gasteiger partial charge in [-0.1, -0.05) is 0 Å². The van der Waals surface area contributed by atoms with Crippen LogP contribution >= 0.6 is 11.3 Å². The second-order valence-corrected chi connectivity index (χ2v) is 4.31. The van der Waals surface area contributed by atoms with Gasteiger partial charge in [-0.05, 0) is 29.5 Å². The smallest absolute Gasteiger partial charge is 0.345 e. The molecule has 0 unspecified atom stereocenters. The molecule has 0 radical (unpaired) electrons. The van der Waals surface area contributed by atoms with Crippen molar-refractivity contribution >= 4 is 32.8 Å². The van der Waals surface area contributed by atoms with Crippen LogP contribution in [0.1, 0.15) is 5.56 Å². The van der Waals surface area contributed by atoms with Gasteiger partial charge in [0, 0.05) is 0 Å². The van der Waals surface area contributed by atoms with Gasteiger partial charge in [0.05, 0.1) is 27.9 Å². The van der Waals surface area contributed by atoms with Crippen LogP contribution in [0.3, 0.4) is 0 Å². The monoisotopic (exact) mass is 261 g/mol. The minimum Gasteiger partial charge on any atom is -0.397 e. The second-order valence-electron chi connectivity index (χ2n) is 3.30. The van der Waals surface area contributed by atoms with Gasteiger partial charge < -0.3 is 11.1 Å². The largest absolute Gasteiger partial charge is 0.397 e. The Balaban J connectivity index is 2.28. The molecule has 0 aliphatic heterocycles. The molecule has 0 aliphatic carbocycles. The molecule has 7 nitrogen and oxygen atoms in total. The van der Waals surface area contributed by atoms with Crippen molar-refractivity contribution < 1.29 is 4.92 Å². The molecule has 1 heterocycles. The third-order valence-electron chi connectivity index (χ3n) is 2.10. The average Bonchev–Trinajstić information content (AvgIpc) is 2.81. The van der Waals surface area contributed by atoms with Gasteiger partial charge in [0.15, 0.2) is 5.13 Å². The highest BCUT2D eigenvalue weighted by Crippen LogP contribution is 2.30. The summed E-state index contributed by atoms with van der Waals surface area (Å²) in [5.74, 6) is 0. The highest BCUT2D eigenvalue weighted by molar-refractivity contribution is 7.18. The molecule has 1 aromatic carbocycles. The summed E-state index contributed by atoms with van der Waals surface area (Å²) in [6.07, 6.45) is 1.16. The highest BCUT2D eigenvalue weighted by Gasteiger charge is 2.12. The standard InChI is InChI=1S/C10H7N5O2S/c11-4-6-1-2-7(12)8(3-6)14-10-13-5-9(18-10)15(16)17/h1-3,5H,12H2,(H,13,14). The van der Waals surface area contributed by atoms with E-state index in [0.717, 1.165) is 17.5 Å². The molecule has 0 atom stereocenters. The van der Waals surface area contributed by atoms with Crippen LogP contribution in [0.5, 0.6) is 0 Å². The summed E-state index contributed by atoms with van der Waals surface area (Å²) in [6, 6.07) is 6.72. The van der Waals surface area contributed by atoms with Gasteiger partial charge in [-0.15, -0.1) is 0 Å². The number of thiazole rings is 1. The van der Waals surface area contributed by atoms with Gasteiger partial charge in [-0.2, -0.15) is 5.26 Å². The predicted molar refractivity (Wildman–Crippen MR) is 67.6 cm³/mol. The van der Waals surface area contributed by atoms with Gasteiger partial charge in [-0.25, -0.2) is 4.98 Å². The van der Waals surface area contributed by atoms with Crippen LogP contribution in [-0.2, 0) is 0 Å². The Hall–Kier alpha value is -2.66. The fraction of sp³-hybridized carbons (Fsp3) is 0. The molecule has 0 amide bonds. The average molecular weight is 261 g/mol. The van der Waals surface area contributed by atoms with E-state index >= 15 is 0 Å². The number of nitrogens with two attached hydrogens (primary N) is 1. The quantitative estimate of drug-likeness (QED) is 0.497. The molecular formula is C10H7N5O2S. The first-order chi connectivity index (χ1) is 8.60. The highest BCUT2D eigenvalue weighted by atomic mass is 32.1. The van der Waals surface area contributed by atoms with Crippen molar-refractivity contribution in [3.8, 4) is 6.07 Å². The number of hydrogen-bond donors (Lipinski definition) is 2. The third kappa shape index (κ3) is 2.36. The van der Waals surface area contributed by atoms with E-state index in [-0.39, 0.29) is 5.00 Å². The van der Waals surface area contributed by atoms with Gasteiger partial charge in [0.2, 0.25) is 0 Å². The predicted octanol–water partition coefficient (Wildman–Crippen LogP) is 2.25. The lowest BCUT2D eigenvalue weighted by Gasteiger charge is -2.05. The Bertz CT molecular complexity index is 646. The summed E-state index contributed by atoms with van der Waals surface area (Å²) < 4.78 is 0. The minimum atomic E-state index is -0.516. The molecule has 8 heteroatoms. The molecule has 2 aromatic rings. The first-order valence-electron chi connectivity index (χ1n) is 4.77. The van der Waals surface area contributed by atoms with Gasteiger partial charge >= 0.3 is 5.00 Å². The zero-order valence-electron chi connectivity index (χ0n) is 8.95. The fourth-order valence-electron chi connectivity index (χ4n) is 1.26. The Kier molecular flexibility index (Phi) is 3.07. The molecule has 0 spiro atoms. The normalized spacial score (nSPS) is 9.72. The van der Waals surface area contributed by atoms with Crippen molar-refractivity contribution in [2.24, 2.45) is 0 Å². The molecular weight excluding hydrogens is 254 g/mol. The number of nitrogens with zero attached hydrogens (tertiary/aromatic N) is 3. The molecule has 0 saturated carbocycles. The van der Waals surface area contributed by atoms with Crippen LogP contribution in [0.15, 0.2) is 24.4 Å². The van der Waals surface area contributed by atoms with E-state index in [1.165, 1.54) is 0 Å². The summed E-state index contributed by atoms with van der Waals surface area (Å²) in [7, 11) is 0.